The van der Waals surface area contributed by atoms with Crippen molar-refractivity contribution in [1.82, 2.24) is 24.9 Å². The molecule has 3 heterocycles. The third-order valence-corrected chi connectivity index (χ3v) is 5.06. The van der Waals surface area contributed by atoms with Crippen LogP contribution in [0.1, 0.15) is 16.9 Å². The third kappa shape index (κ3) is 3.13. The lowest BCUT2D eigenvalue weighted by Crippen LogP contribution is -2.62. The van der Waals surface area contributed by atoms with Crippen LogP contribution in [-0.2, 0) is 6.54 Å². The Labute approximate surface area is 119 Å². The van der Waals surface area contributed by atoms with Crippen molar-refractivity contribution in [1.29, 1.82) is 0 Å². The number of likely N-dealkylation sites (tertiary alicyclic amines) is 1. The molecule has 2 fully saturated rings. The molecule has 0 radical (unpaired) electrons. The van der Waals surface area contributed by atoms with Gasteiger partial charge >= 0.3 is 0 Å². The zero-order valence-electron chi connectivity index (χ0n) is 11.9. The van der Waals surface area contributed by atoms with Crippen LogP contribution in [0.4, 0.5) is 0 Å². The fourth-order valence-corrected chi connectivity index (χ4v) is 3.69. The predicted octanol–water partition coefficient (Wildman–Crippen LogP) is 0.668. The maximum Gasteiger partial charge on any atom is 0.131 e. The van der Waals surface area contributed by atoms with E-state index < -0.39 is 0 Å². The van der Waals surface area contributed by atoms with Gasteiger partial charge in [0.15, 0.2) is 0 Å². The fraction of sp³-hybridized carbons (Fsp3) is 0.846. The molecule has 0 aliphatic carbocycles. The van der Waals surface area contributed by atoms with E-state index >= 15 is 0 Å². The van der Waals surface area contributed by atoms with Crippen LogP contribution in [0.15, 0.2) is 0 Å². The van der Waals surface area contributed by atoms with Gasteiger partial charge < -0.3 is 4.90 Å². The molecule has 0 bridgehead atoms. The Morgan fingerprint density at radius 2 is 1.84 bits per heavy atom. The van der Waals surface area contributed by atoms with Crippen LogP contribution in [0.5, 0.6) is 0 Å². The van der Waals surface area contributed by atoms with Gasteiger partial charge in [0.25, 0.3) is 0 Å². The van der Waals surface area contributed by atoms with Crippen LogP contribution in [0, 0.1) is 6.92 Å². The lowest BCUT2D eigenvalue weighted by Gasteiger charge is -2.47. The molecule has 0 saturated carbocycles. The van der Waals surface area contributed by atoms with E-state index in [1.165, 1.54) is 45.8 Å². The van der Waals surface area contributed by atoms with Gasteiger partial charge in [0.1, 0.15) is 10.0 Å². The van der Waals surface area contributed by atoms with E-state index in [1.807, 2.05) is 6.92 Å². The first-order valence-electron chi connectivity index (χ1n) is 7.22. The first kappa shape index (κ1) is 13.4. The smallest absolute Gasteiger partial charge is 0.131 e. The summed E-state index contributed by atoms with van der Waals surface area (Å²) in [6, 6.07) is 0.771. The van der Waals surface area contributed by atoms with Gasteiger partial charge in [-0.3, -0.25) is 9.80 Å². The van der Waals surface area contributed by atoms with E-state index in [1.54, 1.807) is 11.3 Å². The van der Waals surface area contributed by atoms with Gasteiger partial charge in [0.05, 0.1) is 6.54 Å². The molecule has 5 nitrogen and oxygen atoms in total. The maximum absolute atomic E-state index is 4.20. The quantitative estimate of drug-likeness (QED) is 0.810. The Morgan fingerprint density at radius 1 is 1.11 bits per heavy atom. The number of likely N-dealkylation sites (N-methyl/N-ethyl adjacent to an activating group) is 1. The van der Waals surface area contributed by atoms with Crippen molar-refractivity contribution in [2.24, 2.45) is 0 Å². The topological polar surface area (TPSA) is 35.5 Å². The van der Waals surface area contributed by atoms with Gasteiger partial charge in [-0.25, -0.2) is 0 Å². The second-order valence-corrected chi connectivity index (χ2v) is 6.80. The van der Waals surface area contributed by atoms with Gasteiger partial charge in [0.2, 0.25) is 0 Å². The standard InChI is InChI=1S/C13H23N5S/c1-3-16-4-6-18(7-5-16)12-8-17(9-12)10-13-15-14-11(2)19-13/h12H,3-10H2,1-2H3. The highest BCUT2D eigenvalue weighted by atomic mass is 32.1. The summed E-state index contributed by atoms with van der Waals surface area (Å²) >= 11 is 1.72. The highest BCUT2D eigenvalue weighted by Crippen LogP contribution is 2.20. The van der Waals surface area contributed by atoms with Crippen LogP contribution < -0.4 is 0 Å². The Hall–Kier alpha value is -0.560. The van der Waals surface area contributed by atoms with Crippen LogP contribution in [-0.4, -0.2) is 76.8 Å². The molecule has 1 aromatic rings. The Bertz CT molecular complexity index is 407. The van der Waals surface area contributed by atoms with Crippen LogP contribution in [0.2, 0.25) is 0 Å². The van der Waals surface area contributed by atoms with Gasteiger partial charge in [-0.15, -0.1) is 21.5 Å². The van der Waals surface area contributed by atoms with Gasteiger partial charge in [-0.2, -0.15) is 0 Å². The number of aryl methyl sites for hydroxylation is 1. The van der Waals surface area contributed by atoms with Crippen molar-refractivity contribution < 1.29 is 0 Å². The highest BCUT2D eigenvalue weighted by Gasteiger charge is 2.33. The van der Waals surface area contributed by atoms with Crippen LogP contribution >= 0.6 is 11.3 Å². The summed E-state index contributed by atoms with van der Waals surface area (Å²) in [7, 11) is 0. The summed E-state index contributed by atoms with van der Waals surface area (Å²) in [5.41, 5.74) is 0. The molecule has 19 heavy (non-hydrogen) atoms. The molecule has 106 valence electrons. The first-order chi connectivity index (χ1) is 9.24. The van der Waals surface area contributed by atoms with Crippen molar-refractivity contribution in [3.63, 3.8) is 0 Å². The molecule has 2 aliphatic rings. The van der Waals surface area contributed by atoms with E-state index in [0.717, 1.165) is 22.6 Å². The Balaban J connectivity index is 1.41. The monoisotopic (exact) mass is 281 g/mol. The lowest BCUT2D eigenvalue weighted by atomic mass is 10.1. The molecule has 6 heteroatoms. The second kappa shape index (κ2) is 5.83. The van der Waals surface area contributed by atoms with E-state index in [2.05, 4.69) is 31.8 Å². The second-order valence-electron chi connectivity index (χ2n) is 5.53. The number of nitrogens with zero attached hydrogens (tertiary/aromatic N) is 5. The van der Waals surface area contributed by atoms with Crippen LogP contribution in [0.3, 0.4) is 0 Å². The predicted molar refractivity (Wildman–Crippen MR) is 77.4 cm³/mol. The largest absolute Gasteiger partial charge is 0.301 e. The summed E-state index contributed by atoms with van der Waals surface area (Å²) in [5, 5.41) is 10.5. The zero-order chi connectivity index (χ0) is 13.2. The number of hydrogen-bond donors (Lipinski definition) is 0. The minimum Gasteiger partial charge on any atom is -0.301 e. The molecule has 2 saturated heterocycles. The Kier molecular flexibility index (Phi) is 4.12. The number of hydrogen-bond acceptors (Lipinski definition) is 6. The molecule has 0 aromatic carbocycles. The number of piperazine rings is 1. The lowest BCUT2D eigenvalue weighted by molar-refractivity contribution is 0.00202. The Morgan fingerprint density at radius 3 is 2.42 bits per heavy atom. The minimum atomic E-state index is 0.771. The van der Waals surface area contributed by atoms with Gasteiger partial charge in [-0.1, -0.05) is 6.92 Å². The summed E-state index contributed by atoms with van der Waals surface area (Å²) < 4.78 is 0. The molecular formula is C13H23N5S. The fourth-order valence-electron chi connectivity index (χ4n) is 2.94. The average molecular weight is 281 g/mol. The minimum absolute atomic E-state index is 0.771. The van der Waals surface area contributed by atoms with Gasteiger partial charge in [-0.05, 0) is 13.5 Å². The molecule has 1 aromatic heterocycles. The van der Waals surface area contributed by atoms with E-state index in [0.29, 0.717) is 0 Å². The van der Waals surface area contributed by atoms with E-state index in [4.69, 9.17) is 0 Å². The van der Waals surface area contributed by atoms with Crippen molar-refractivity contribution in [3.8, 4) is 0 Å². The summed E-state index contributed by atoms with van der Waals surface area (Å²) in [5.74, 6) is 0. The SMILES string of the molecule is CCN1CCN(C2CN(Cc3nnc(C)s3)C2)CC1. The summed E-state index contributed by atoms with van der Waals surface area (Å²) in [4.78, 5) is 7.68. The van der Waals surface area contributed by atoms with Crippen LogP contribution in [0.25, 0.3) is 0 Å². The zero-order valence-corrected chi connectivity index (χ0v) is 12.7. The first-order valence-corrected chi connectivity index (χ1v) is 8.04. The molecule has 2 aliphatic heterocycles. The number of aromatic nitrogens is 2. The third-order valence-electron chi connectivity index (χ3n) is 4.24. The summed E-state index contributed by atoms with van der Waals surface area (Å²) in [6.07, 6.45) is 0. The van der Waals surface area contributed by atoms with Crippen molar-refractivity contribution in [2.45, 2.75) is 26.4 Å². The van der Waals surface area contributed by atoms with Crippen molar-refractivity contribution >= 4 is 11.3 Å². The molecule has 0 amide bonds. The molecular weight excluding hydrogens is 258 g/mol. The average Bonchev–Trinajstić information content (AvgIpc) is 2.79. The molecule has 0 atom stereocenters. The molecule has 0 unspecified atom stereocenters. The molecule has 3 rings (SSSR count). The van der Waals surface area contributed by atoms with E-state index in [9.17, 15) is 0 Å². The number of rotatable bonds is 4. The highest BCUT2D eigenvalue weighted by molar-refractivity contribution is 7.11. The van der Waals surface area contributed by atoms with E-state index in [-0.39, 0.29) is 0 Å². The molecule has 0 N–H and O–H groups in total. The normalized spacial score (nSPS) is 23.7. The van der Waals surface area contributed by atoms with Gasteiger partial charge in [0, 0.05) is 45.3 Å². The summed E-state index contributed by atoms with van der Waals surface area (Å²) in [6.45, 7) is 13.8. The molecule has 0 spiro atoms. The van der Waals surface area contributed by atoms with Crippen molar-refractivity contribution in [3.05, 3.63) is 10.0 Å². The maximum atomic E-state index is 4.20. The van der Waals surface area contributed by atoms with Crippen molar-refractivity contribution in [2.75, 3.05) is 45.8 Å².